The van der Waals surface area contributed by atoms with Crippen LogP contribution in [-0.2, 0) is 20.8 Å². The summed E-state index contributed by atoms with van der Waals surface area (Å²) in [6.07, 6.45) is -1.29. The Bertz CT molecular complexity index is 339. The number of aliphatic hydroxyl groups is 2. The Kier molecular flexibility index (Phi) is 8.41. The average molecular weight is 284 g/mol. The van der Waals surface area contributed by atoms with Crippen LogP contribution < -0.4 is 0 Å². The van der Waals surface area contributed by atoms with Crippen molar-refractivity contribution in [3.8, 4) is 0 Å². The minimum absolute atomic E-state index is 0.191. The average Bonchev–Trinajstić information content (AvgIpc) is 2.45. The van der Waals surface area contributed by atoms with E-state index < -0.39 is 18.5 Å². The van der Waals surface area contributed by atoms with E-state index >= 15 is 0 Å². The van der Waals surface area contributed by atoms with E-state index in [-0.39, 0.29) is 13.0 Å². The van der Waals surface area contributed by atoms with E-state index in [1.807, 2.05) is 30.3 Å². The molecule has 0 bridgehead atoms. The minimum Gasteiger partial charge on any atom is -0.393 e. The summed E-state index contributed by atoms with van der Waals surface area (Å²) in [7, 11) is 3.03. The molecule has 0 aromatic heterocycles. The summed E-state index contributed by atoms with van der Waals surface area (Å²) in [6, 6.07) is 9.74. The monoisotopic (exact) mass is 284 g/mol. The van der Waals surface area contributed by atoms with E-state index in [1.54, 1.807) is 0 Å². The maximum Gasteiger partial charge on any atom is 0.159 e. The number of methoxy groups -OCH3 is 2. The lowest BCUT2D eigenvalue weighted by molar-refractivity contribution is -0.126. The highest BCUT2D eigenvalue weighted by Crippen LogP contribution is 2.09. The standard InChI is InChI=1S/C15H24O5/c1-18-15(19-2)9-13(16)8-14(17)11-20-10-12-6-4-3-5-7-12/h3-7,13-17H,8-11H2,1-2H3/t13-,14+/m0/s1. The van der Waals surface area contributed by atoms with Crippen molar-refractivity contribution in [1.82, 2.24) is 0 Å². The van der Waals surface area contributed by atoms with Gasteiger partial charge in [-0.3, -0.25) is 0 Å². The van der Waals surface area contributed by atoms with E-state index in [0.717, 1.165) is 5.56 Å². The van der Waals surface area contributed by atoms with Gasteiger partial charge >= 0.3 is 0 Å². The molecule has 0 fully saturated rings. The fourth-order valence-corrected chi connectivity index (χ4v) is 1.88. The van der Waals surface area contributed by atoms with Gasteiger partial charge in [0.1, 0.15) is 0 Å². The van der Waals surface area contributed by atoms with Gasteiger partial charge in [0.05, 0.1) is 25.4 Å². The summed E-state index contributed by atoms with van der Waals surface area (Å²) < 4.78 is 15.4. The highest BCUT2D eigenvalue weighted by atomic mass is 16.7. The molecule has 20 heavy (non-hydrogen) atoms. The molecule has 0 amide bonds. The number of hydrogen-bond acceptors (Lipinski definition) is 5. The molecule has 0 spiro atoms. The first-order valence-corrected chi connectivity index (χ1v) is 6.69. The van der Waals surface area contributed by atoms with Gasteiger partial charge < -0.3 is 24.4 Å². The van der Waals surface area contributed by atoms with Crippen LogP contribution in [0.4, 0.5) is 0 Å². The van der Waals surface area contributed by atoms with Crippen LogP contribution in [-0.4, -0.2) is 49.5 Å². The first-order valence-electron chi connectivity index (χ1n) is 6.69. The number of aliphatic hydroxyl groups excluding tert-OH is 2. The van der Waals surface area contributed by atoms with Gasteiger partial charge in [0.2, 0.25) is 0 Å². The third-order valence-corrected chi connectivity index (χ3v) is 2.96. The zero-order valence-corrected chi connectivity index (χ0v) is 12.1. The molecule has 0 aliphatic carbocycles. The Labute approximate surface area is 120 Å². The van der Waals surface area contributed by atoms with Crippen LogP contribution in [0.3, 0.4) is 0 Å². The highest BCUT2D eigenvalue weighted by molar-refractivity contribution is 5.13. The van der Waals surface area contributed by atoms with Gasteiger partial charge in [-0.1, -0.05) is 30.3 Å². The lowest BCUT2D eigenvalue weighted by Gasteiger charge is -2.20. The van der Waals surface area contributed by atoms with Crippen molar-refractivity contribution in [3.63, 3.8) is 0 Å². The Morgan fingerprint density at radius 2 is 1.60 bits per heavy atom. The van der Waals surface area contributed by atoms with E-state index in [1.165, 1.54) is 14.2 Å². The van der Waals surface area contributed by atoms with E-state index in [0.29, 0.717) is 13.0 Å². The van der Waals surface area contributed by atoms with Crippen molar-refractivity contribution in [2.24, 2.45) is 0 Å². The molecule has 1 aromatic carbocycles. The maximum atomic E-state index is 9.79. The van der Waals surface area contributed by atoms with E-state index in [2.05, 4.69) is 0 Å². The van der Waals surface area contributed by atoms with Gasteiger partial charge in [-0.05, 0) is 5.56 Å². The Morgan fingerprint density at radius 1 is 0.950 bits per heavy atom. The van der Waals surface area contributed by atoms with Crippen LogP contribution in [0, 0.1) is 0 Å². The van der Waals surface area contributed by atoms with Crippen LogP contribution >= 0.6 is 0 Å². The molecular weight excluding hydrogens is 260 g/mol. The third-order valence-electron chi connectivity index (χ3n) is 2.96. The SMILES string of the molecule is COC(C[C@@H](O)C[C@@H](O)COCc1ccccc1)OC. The number of hydrogen-bond donors (Lipinski definition) is 2. The largest absolute Gasteiger partial charge is 0.393 e. The van der Waals surface area contributed by atoms with Crippen LogP contribution in [0.1, 0.15) is 18.4 Å². The lowest BCUT2D eigenvalue weighted by Crippen LogP contribution is -2.27. The molecule has 114 valence electrons. The molecule has 0 aliphatic heterocycles. The molecule has 1 rings (SSSR count). The van der Waals surface area contributed by atoms with Crippen LogP contribution in [0.15, 0.2) is 30.3 Å². The molecule has 0 saturated heterocycles. The lowest BCUT2D eigenvalue weighted by atomic mass is 10.1. The molecular formula is C15H24O5. The third kappa shape index (κ3) is 6.98. The van der Waals surface area contributed by atoms with Crippen molar-refractivity contribution in [2.45, 2.75) is 37.9 Å². The molecule has 1 aromatic rings. The van der Waals surface area contributed by atoms with Gasteiger partial charge in [-0.15, -0.1) is 0 Å². The van der Waals surface area contributed by atoms with Crippen molar-refractivity contribution < 1.29 is 24.4 Å². The Hall–Kier alpha value is -0.980. The molecule has 5 heteroatoms. The predicted octanol–water partition coefficient (Wildman–Crippen LogP) is 1.32. The number of benzene rings is 1. The van der Waals surface area contributed by atoms with Crippen LogP contribution in [0.5, 0.6) is 0 Å². The van der Waals surface area contributed by atoms with Gasteiger partial charge in [-0.25, -0.2) is 0 Å². The molecule has 0 radical (unpaired) electrons. The second-order valence-electron chi connectivity index (χ2n) is 4.68. The quantitative estimate of drug-likeness (QED) is 0.634. The Morgan fingerprint density at radius 3 is 2.20 bits per heavy atom. The fourth-order valence-electron chi connectivity index (χ4n) is 1.88. The summed E-state index contributed by atoms with van der Waals surface area (Å²) in [5, 5.41) is 19.6. The van der Waals surface area contributed by atoms with Crippen LogP contribution in [0.2, 0.25) is 0 Å². The summed E-state index contributed by atoms with van der Waals surface area (Å²) in [5.41, 5.74) is 1.05. The van der Waals surface area contributed by atoms with Gasteiger partial charge in [-0.2, -0.15) is 0 Å². The van der Waals surface area contributed by atoms with Crippen LogP contribution in [0.25, 0.3) is 0 Å². The van der Waals surface area contributed by atoms with Crippen molar-refractivity contribution in [2.75, 3.05) is 20.8 Å². The predicted molar refractivity (Wildman–Crippen MR) is 75.2 cm³/mol. The van der Waals surface area contributed by atoms with Crippen molar-refractivity contribution in [1.29, 1.82) is 0 Å². The zero-order valence-electron chi connectivity index (χ0n) is 12.1. The number of rotatable bonds is 10. The van der Waals surface area contributed by atoms with Crippen molar-refractivity contribution >= 4 is 0 Å². The van der Waals surface area contributed by atoms with E-state index in [9.17, 15) is 10.2 Å². The zero-order chi connectivity index (χ0) is 14.8. The molecule has 5 nitrogen and oxygen atoms in total. The molecule has 2 atom stereocenters. The Balaban J connectivity index is 2.17. The normalized spacial score (nSPS) is 14.4. The molecule has 0 saturated carbocycles. The van der Waals surface area contributed by atoms with Gasteiger partial charge in [0.25, 0.3) is 0 Å². The first-order chi connectivity index (χ1) is 9.65. The number of ether oxygens (including phenoxy) is 3. The molecule has 0 unspecified atom stereocenters. The maximum absolute atomic E-state index is 9.79. The molecule has 2 N–H and O–H groups in total. The topological polar surface area (TPSA) is 68.2 Å². The van der Waals surface area contributed by atoms with Gasteiger partial charge in [0, 0.05) is 27.1 Å². The summed E-state index contributed by atoms with van der Waals surface area (Å²) in [4.78, 5) is 0. The van der Waals surface area contributed by atoms with E-state index in [4.69, 9.17) is 14.2 Å². The second-order valence-corrected chi connectivity index (χ2v) is 4.68. The first kappa shape index (κ1) is 17.1. The van der Waals surface area contributed by atoms with Gasteiger partial charge in [0.15, 0.2) is 6.29 Å². The van der Waals surface area contributed by atoms with Crippen molar-refractivity contribution in [3.05, 3.63) is 35.9 Å². The second kappa shape index (κ2) is 9.85. The highest BCUT2D eigenvalue weighted by Gasteiger charge is 2.17. The fraction of sp³-hybridized carbons (Fsp3) is 0.600. The minimum atomic E-state index is -0.705. The summed E-state index contributed by atoms with van der Waals surface area (Å²) in [5.74, 6) is 0. The molecule has 0 aliphatic rings. The summed E-state index contributed by atoms with van der Waals surface area (Å²) in [6.45, 7) is 0.642. The molecule has 0 heterocycles. The smallest absolute Gasteiger partial charge is 0.159 e. The summed E-state index contributed by atoms with van der Waals surface area (Å²) >= 11 is 0.